The molecule has 86 valence electrons. The maximum absolute atomic E-state index is 11.9. The number of halogens is 2. The van der Waals surface area contributed by atoms with Crippen LogP contribution < -0.4 is 10.9 Å². The molecule has 0 heterocycles. The molecule has 1 fully saturated rings. The predicted molar refractivity (Wildman–Crippen MR) is 71.5 cm³/mol. The topological polar surface area (TPSA) is 41.1 Å². The first kappa shape index (κ1) is 11.9. The molecule has 0 unspecified atom stereocenters. The number of anilines is 1. The second-order valence-corrected chi connectivity index (χ2v) is 7.93. The third-order valence-electron chi connectivity index (χ3n) is 2.85. The maximum Gasteiger partial charge on any atom is 0.246 e. The third-order valence-corrected chi connectivity index (χ3v) is 5.16. The van der Waals surface area contributed by atoms with E-state index in [0.29, 0.717) is 0 Å². The minimum Gasteiger partial charge on any atom is -0.299 e. The van der Waals surface area contributed by atoms with Crippen LogP contribution in [-0.2, 0) is 4.79 Å². The molecule has 5 heteroatoms. The Labute approximate surface area is 111 Å². The van der Waals surface area contributed by atoms with Gasteiger partial charge in [0.1, 0.15) is 0 Å². The van der Waals surface area contributed by atoms with Gasteiger partial charge in [-0.25, -0.2) is 0 Å². The summed E-state index contributed by atoms with van der Waals surface area (Å²) in [5.74, 6) is -0.0231. The molecule has 0 spiro atoms. The van der Waals surface area contributed by atoms with E-state index in [1.165, 1.54) is 0 Å². The number of para-hydroxylation sites is 1. The summed E-state index contributed by atoms with van der Waals surface area (Å²) < 4.78 is -0.255. The van der Waals surface area contributed by atoms with Crippen LogP contribution >= 0.6 is 31.9 Å². The molecule has 0 radical (unpaired) electrons. The highest BCUT2D eigenvalue weighted by atomic mass is 79.9. The van der Waals surface area contributed by atoms with E-state index in [4.69, 9.17) is 0 Å². The van der Waals surface area contributed by atoms with Gasteiger partial charge < -0.3 is 0 Å². The van der Waals surface area contributed by atoms with E-state index in [9.17, 15) is 4.79 Å². The fourth-order valence-corrected chi connectivity index (χ4v) is 2.92. The molecule has 0 aromatic heterocycles. The van der Waals surface area contributed by atoms with Crippen LogP contribution in [0.15, 0.2) is 30.3 Å². The van der Waals surface area contributed by atoms with E-state index in [1.54, 1.807) is 0 Å². The Morgan fingerprint density at radius 2 is 1.88 bits per heavy atom. The Morgan fingerprint density at radius 1 is 1.31 bits per heavy atom. The van der Waals surface area contributed by atoms with E-state index in [0.717, 1.165) is 12.1 Å². The first-order valence-electron chi connectivity index (χ1n) is 4.95. The lowest BCUT2D eigenvalue weighted by molar-refractivity contribution is -0.125. The number of carbonyl (C=O) groups excluding carboxylic acids is 1. The van der Waals surface area contributed by atoms with Crippen LogP contribution in [0.1, 0.15) is 13.3 Å². The molecule has 1 amide bonds. The number of hydrogen-bond acceptors (Lipinski definition) is 2. The van der Waals surface area contributed by atoms with Gasteiger partial charge in [-0.2, -0.15) is 0 Å². The third kappa shape index (κ3) is 2.11. The zero-order chi connectivity index (χ0) is 11.8. The molecule has 2 rings (SSSR count). The van der Waals surface area contributed by atoms with E-state index in [2.05, 4.69) is 42.7 Å². The standard InChI is InChI=1S/C11H12Br2N2O/c1-10(7-11(10,12)13)9(16)15-14-8-5-3-2-4-6-8/h2-6,14H,7H2,1H3,(H,15,16)/t10-/m0/s1. The van der Waals surface area contributed by atoms with Crippen molar-refractivity contribution in [1.29, 1.82) is 0 Å². The van der Waals surface area contributed by atoms with Crippen molar-refractivity contribution >= 4 is 43.5 Å². The van der Waals surface area contributed by atoms with Crippen molar-refractivity contribution in [3.8, 4) is 0 Å². The van der Waals surface area contributed by atoms with Gasteiger partial charge in [-0.05, 0) is 25.5 Å². The van der Waals surface area contributed by atoms with Gasteiger partial charge in [-0.1, -0.05) is 50.1 Å². The van der Waals surface area contributed by atoms with Gasteiger partial charge in [0.15, 0.2) is 0 Å². The lowest BCUT2D eigenvalue weighted by Crippen LogP contribution is -2.37. The quantitative estimate of drug-likeness (QED) is 0.651. The lowest BCUT2D eigenvalue weighted by atomic mass is 10.1. The Bertz CT molecular complexity index is 408. The van der Waals surface area contributed by atoms with Crippen molar-refractivity contribution in [3.05, 3.63) is 30.3 Å². The number of carbonyl (C=O) groups is 1. The molecular formula is C11H12Br2N2O. The monoisotopic (exact) mass is 346 g/mol. The van der Waals surface area contributed by atoms with Crippen molar-refractivity contribution in [1.82, 2.24) is 5.43 Å². The zero-order valence-corrected chi connectivity index (χ0v) is 11.9. The van der Waals surface area contributed by atoms with Crippen LogP contribution in [0.5, 0.6) is 0 Å². The van der Waals surface area contributed by atoms with Crippen LogP contribution in [-0.4, -0.2) is 9.14 Å². The van der Waals surface area contributed by atoms with Gasteiger partial charge in [0, 0.05) is 0 Å². The number of hydrogen-bond donors (Lipinski definition) is 2. The Hall–Kier alpha value is -0.550. The van der Waals surface area contributed by atoms with Crippen molar-refractivity contribution in [3.63, 3.8) is 0 Å². The highest BCUT2D eigenvalue weighted by Gasteiger charge is 2.66. The summed E-state index contributed by atoms with van der Waals surface area (Å²) in [5, 5.41) is 0. The number of rotatable bonds is 3. The fraction of sp³-hybridized carbons (Fsp3) is 0.364. The molecule has 1 aliphatic rings. The number of benzene rings is 1. The SMILES string of the molecule is C[C@@]1(C(=O)NNc2ccccc2)CC1(Br)Br. The molecule has 0 bridgehead atoms. The smallest absolute Gasteiger partial charge is 0.246 e. The molecule has 1 aliphatic carbocycles. The van der Waals surface area contributed by atoms with Gasteiger partial charge in [-0.3, -0.25) is 15.6 Å². The summed E-state index contributed by atoms with van der Waals surface area (Å²) in [5.41, 5.74) is 6.07. The molecule has 1 aromatic carbocycles. The van der Waals surface area contributed by atoms with Crippen LogP contribution in [0.25, 0.3) is 0 Å². The van der Waals surface area contributed by atoms with E-state index in [1.807, 2.05) is 37.3 Å². The second-order valence-electron chi connectivity index (χ2n) is 4.16. The Kier molecular flexibility index (Phi) is 3.01. The molecule has 3 nitrogen and oxygen atoms in total. The molecule has 16 heavy (non-hydrogen) atoms. The van der Waals surface area contributed by atoms with Crippen molar-refractivity contribution in [2.24, 2.45) is 5.41 Å². The average Bonchev–Trinajstić information content (AvgIpc) is 2.78. The summed E-state index contributed by atoms with van der Waals surface area (Å²) in [4.78, 5) is 11.9. The summed E-state index contributed by atoms with van der Waals surface area (Å²) in [6, 6.07) is 9.53. The summed E-state index contributed by atoms with van der Waals surface area (Å²) in [6.07, 6.45) is 0.780. The second kappa shape index (κ2) is 4.04. The molecule has 0 saturated heterocycles. The molecule has 1 aromatic rings. The average molecular weight is 348 g/mol. The number of amides is 1. The van der Waals surface area contributed by atoms with Crippen molar-refractivity contribution < 1.29 is 4.79 Å². The molecule has 0 aliphatic heterocycles. The predicted octanol–water partition coefficient (Wildman–Crippen LogP) is 3.03. The molecule has 1 saturated carbocycles. The zero-order valence-electron chi connectivity index (χ0n) is 8.76. The van der Waals surface area contributed by atoms with Gasteiger partial charge in [0.2, 0.25) is 5.91 Å². The summed E-state index contributed by atoms with van der Waals surface area (Å²) in [6.45, 7) is 1.92. The number of nitrogens with one attached hydrogen (secondary N) is 2. The fourth-order valence-electron chi connectivity index (χ4n) is 1.43. The molecule has 2 N–H and O–H groups in total. The minimum atomic E-state index is -0.394. The highest BCUT2D eigenvalue weighted by Crippen LogP contribution is 2.66. The van der Waals surface area contributed by atoms with Crippen LogP contribution in [0, 0.1) is 5.41 Å². The van der Waals surface area contributed by atoms with Crippen LogP contribution in [0.3, 0.4) is 0 Å². The Morgan fingerprint density at radius 3 is 2.38 bits per heavy atom. The maximum atomic E-state index is 11.9. The first-order valence-corrected chi connectivity index (χ1v) is 6.54. The normalized spacial score (nSPS) is 25.9. The first-order chi connectivity index (χ1) is 7.46. The van der Waals surface area contributed by atoms with Crippen molar-refractivity contribution in [2.75, 3.05) is 5.43 Å². The largest absolute Gasteiger partial charge is 0.299 e. The van der Waals surface area contributed by atoms with Gasteiger partial charge in [-0.15, -0.1) is 0 Å². The van der Waals surface area contributed by atoms with Gasteiger partial charge >= 0.3 is 0 Å². The van der Waals surface area contributed by atoms with Crippen LogP contribution in [0.2, 0.25) is 0 Å². The highest BCUT2D eigenvalue weighted by molar-refractivity contribution is 9.25. The molecular weight excluding hydrogens is 336 g/mol. The van der Waals surface area contributed by atoms with Crippen LogP contribution in [0.4, 0.5) is 5.69 Å². The van der Waals surface area contributed by atoms with Crippen molar-refractivity contribution in [2.45, 2.75) is 16.6 Å². The van der Waals surface area contributed by atoms with E-state index in [-0.39, 0.29) is 9.14 Å². The van der Waals surface area contributed by atoms with E-state index >= 15 is 0 Å². The van der Waals surface area contributed by atoms with Gasteiger partial charge in [0.25, 0.3) is 0 Å². The Balaban J connectivity index is 1.91. The van der Waals surface area contributed by atoms with E-state index < -0.39 is 5.41 Å². The number of hydrazine groups is 1. The summed E-state index contributed by atoms with van der Waals surface area (Å²) in [7, 11) is 0. The summed E-state index contributed by atoms with van der Waals surface area (Å²) >= 11 is 6.93. The molecule has 1 atom stereocenters. The minimum absolute atomic E-state index is 0.0231. The van der Waals surface area contributed by atoms with Gasteiger partial charge in [0.05, 0.1) is 14.3 Å². The lowest BCUT2D eigenvalue weighted by Gasteiger charge is -2.14. The number of alkyl halides is 2.